The summed E-state index contributed by atoms with van der Waals surface area (Å²) in [5, 5.41) is 6.07. The molecule has 28 heavy (non-hydrogen) atoms. The SMILES string of the molecule is Cc1ccc(S(=O)(=O)N2CCCC(C(=O)Nc3ccc4sccc4c3)C2)cc1. The van der Waals surface area contributed by atoms with Gasteiger partial charge in [0.1, 0.15) is 0 Å². The van der Waals surface area contributed by atoms with Gasteiger partial charge in [0.15, 0.2) is 0 Å². The summed E-state index contributed by atoms with van der Waals surface area (Å²) >= 11 is 1.66. The molecule has 3 aromatic rings. The number of amides is 1. The Morgan fingerprint density at radius 3 is 2.71 bits per heavy atom. The molecular weight excluding hydrogens is 392 g/mol. The third-order valence-corrected chi connectivity index (χ3v) is 7.91. The van der Waals surface area contributed by atoms with Crippen molar-refractivity contribution in [1.82, 2.24) is 4.31 Å². The number of piperidine rings is 1. The monoisotopic (exact) mass is 414 g/mol. The van der Waals surface area contributed by atoms with Gasteiger partial charge in [-0.1, -0.05) is 17.7 Å². The van der Waals surface area contributed by atoms with E-state index >= 15 is 0 Å². The van der Waals surface area contributed by atoms with Crippen LogP contribution in [0, 0.1) is 12.8 Å². The highest BCUT2D eigenvalue weighted by Crippen LogP contribution is 2.27. The van der Waals surface area contributed by atoms with Crippen molar-refractivity contribution in [2.24, 2.45) is 5.92 Å². The second kappa shape index (κ2) is 7.66. The lowest BCUT2D eigenvalue weighted by atomic mass is 9.98. The number of sulfonamides is 1. The van der Waals surface area contributed by atoms with E-state index in [0.717, 1.165) is 16.6 Å². The molecule has 1 aliphatic rings. The first-order valence-electron chi connectivity index (χ1n) is 9.28. The zero-order chi connectivity index (χ0) is 19.7. The summed E-state index contributed by atoms with van der Waals surface area (Å²) in [7, 11) is -3.58. The molecule has 1 N–H and O–H groups in total. The number of thiophene rings is 1. The molecule has 1 aromatic heterocycles. The average Bonchev–Trinajstić information content (AvgIpc) is 3.16. The smallest absolute Gasteiger partial charge is 0.243 e. The summed E-state index contributed by atoms with van der Waals surface area (Å²) in [6.07, 6.45) is 1.36. The van der Waals surface area contributed by atoms with E-state index in [1.165, 1.54) is 9.01 Å². The molecule has 0 radical (unpaired) electrons. The highest BCUT2D eigenvalue weighted by atomic mass is 32.2. The van der Waals surface area contributed by atoms with Crippen LogP contribution in [0.25, 0.3) is 10.1 Å². The molecule has 0 aliphatic carbocycles. The largest absolute Gasteiger partial charge is 0.326 e. The molecule has 1 fully saturated rings. The third kappa shape index (κ3) is 3.83. The number of nitrogens with one attached hydrogen (secondary N) is 1. The van der Waals surface area contributed by atoms with Gasteiger partial charge in [0.05, 0.1) is 10.8 Å². The molecule has 1 unspecified atom stereocenters. The Labute approximate surface area is 169 Å². The van der Waals surface area contributed by atoms with Crippen molar-refractivity contribution in [2.75, 3.05) is 18.4 Å². The van der Waals surface area contributed by atoms with Crippen LogP contribution in [-0.4, -0.2) is 31.7 Å². The fourth-order valence-electron chi connectivity index (χ4n) is 3.52. The number of hydrogen-bond donors (Lipinski definition) is 1. The molecule has 1 aliphatic heterocycles. The summed E-state index contributed by atoms with van der Waals surface area (Å²) in [6, 6.07) is 14.7. The van der Waals surface area contributed by atoms with Crippen molar-refractivity contribution in [1.29, 1.82) is 0 Å². The Morgan fingerprint density at radius 1 is 1.14 bits per heavy atom. The molecule has 146 valence electrons. The number of carbonyl (C=O) groups excluding carboxylic acids is 1. The number of anilines is 1. The van der Waals surface area contributed by atoms with Gasteiger partial charge in [-0.05, 0) is 66.9 Å². The lowest BCUT2D eigenvalue weighted by Crippen LogP contribution is -2.43. The Morgan fingerprint density at radius 2 is 1.93 bits per heavy atom. The van der Waals surface area contributed by atoms with Crippen molar-refractivity contribution in [2.45, 2.75) is 24.7 Å². The van der Waals surface area contributed by atoms with Crippen LogP contribution in [0.2, 0.25) is 0 Å². The summed E-state index contributed by atoms with van der Waals surface area (Å²) in [6.45, 7) is 2.58. The van der Waals surface area contributed by atoms with Gasteiger partial charge in [0, 0.05) is 23.5 Å². The predicted molar refractivity (Wildman–Crippen MR) is 113 cm³/mol. The minimum atomic E-state index is -3.58. The second-order valence-corrected chi connectivity index (χ2v) is 10.1. The number of rotatable bonds is 4. The van der Waals surface area contributed by atoms with E-state index in [2.05, 4.69) is 5.32 Å². The average molecular weight is 415 g/mol. The van der Waals surface area contributed by atoms with Crippen molar-refractivity contribution in [3.63, 3.8) is 0 Å². The van der Waals surface area contributed by atoms with E-state index in [0.29, 0.717) is 19.4 Å². The predicted octanol–water partition coefficient (Wildman–Crippen LogP) is 4.25. The van der Waals surface area contributed by atoms with E-state index in [9.17, 15) is 13.2 Å². The molecule has 1 atom stereocenters. The summed E-state index contributed by atoms with van der Waals surface area (Å²) < 4.78 is 28.5. The van der Waals surface area contributed by atoms with Crippen LogP contribution in [0.15, 0.2) is 58.8 Å². The highest BCUT2D eigenvalue weighted by Gasteiger charge is 2.33. The van der Waals surface area contributed by atoms with Crippen LogP contribution >= 0.6 is 11.3 Å². The maximum Gasteiger partial charge on any atom is 0.243 e. The minimum Gasteiger partial charge on any atom is -0.326 e. The first kappa shape index (κ1) is 19.1. The molecule has 2 aromatic carbocycles. The first-order valence-corrected chi connectivity index (χ1v) is 11.6. The summed E-state index contributed by atoms with van der Waals surface area (Å²) in [5.41, 5.74) is 1.76. The molecule has 0 spiro atoms. The molecule has 1 amide bonds. The van der Waals surface area contributed by atoms with Crippen molar-refractivity contribution >= 4 is 43.0 Å². The molecule has 2 heterocycles. The molecular formula is C21H22N2O3S2. The maximum atomic E-state index is 12.9. The van der Waals surface area contributed by atoms with E-state index < -0.39 is 10.0 Å². The van der Waals surface area contributed by atoms with Crippen LogP contribution in [-0.2, 0) is 14.8 Å². The van der Waals surface area contributed by atoms with Gasteiger partial charge in [0.25, 0.3) is 0 Å². The summed E-state index contributed by atoms with van der Waals surface area (Å²) in [4.78, 5) is 13.0. The molecule has 1 saturated heterocycles. The van der Waals surface area contributed by atoms with E-state index in [-0.39, 0.29) is 23.3 Å². The Hall–Kier alpha value is -2.22. The number of benzene rings is 2. The van der Waals surface area contributed by atoms with Gasteiger partial charge >= 0.3 is 0 Å². The zero-order valence-corrected chi connectivity index (χ0v) is 17.2. The summed E-state index contributed by atoms with van der Waals surface area (Å²) in [5.74, 6) is -0.481. The fraction of sp³-hybridized carbons (Fsp3) is 0.286. The van der Waals surface area contributed by atoms with Crippen LogP contribution in [0.4, 0.5) is 5.69 Å². The third-order valence-electron chi connectivity index (χ3n) is 5.13. The number of fused-ring (bicyclic) bond motifs is 1. The van der Waals surface area contributed by atoms with Gasteiger partial charge in [-0.15, -0.1) is 11.3 Å². The van der Waals surface area contributed by atoms with Crippen LogP contribution < -0.4 is 5.32 Å². The van der Waals surface area contributed by atoms with Crippen LogP contribution in [0.3, 0.4) is 0 Å². The topological polar surface area (TPSA) is 66.5 Å². The highest BCUT2D eigenvalue weighted by molar-refractivity contribution is 7.89. The van der Waals surface area contributed by atoms with Gasteiger partial charge < -0.3 is 5.32 Å². The Balaban J connectivity index is 1.48. The standard InChI is InChI=1S/C21H22N2O3S2/c1-15-4-7-19(8-5-15)28(25,26)23-11-2-3-17(14-23)21(24)22-18-6-9-20-16(13-18)10-12-27-20/h4-10,12-13,17H,2-3,11,14H2,1H3,(H,22,24). The Bertz CT molecular complexity index is 1100. The molecule has 4 rings (SSSR count). The second-order valence-electron chi connectivity index (χ2n) is 7.18. The fourth-order valence-corrected chi connectivity index (χ4v) is 5.82. The van der Waals surface area contributed by atoms with Gasteiger partial charge in [-0.2, -0.15) is 4.31 Å². The maximum absolute atomic E-state index is 12.9. The zero-order valence-electron chi connectivity index (χ0n) is 15.6. The molecule has 0 saturated carbocycles. The lowest BCUT2D eigenvalue weighted by Gasteiger charge is -2.31. The first-order chi connectivity index (χ1) is 13.4. The molecule has 7 heteroatoms. The lowest BCUT2D eigenvalue weighted by molar-refractivity contribution is -0.120. The van der Waals surface area contributed by atoms with Crippen molar-refractivity contribution in [3.8, 4) is 0 Å². The quantitative estimate of drug-likeness (QED) is 0.694. The van der Waals surface area contributed by atoms with Crippen LogP contribution in [0.5, 0.6) is 0 Å². The minimum absolute atomic E-state index is 0.126. The molecule has 5 nitrogen and oxygen atoms in total. The van der Waals surface area contributed by atoms with Crippen LogP contribution in [0.1, 0.15) is 18.4 Å². The normalized spacial score (nSPS) is 18.2. The van der Waals surface area contributed by atoms with Gasteiger partial charge in [-0.3, -0.25) is 4.79 Å². The van der Waals surface area contributed by atoms with E-state index in [1.807, 2.05) is 36.6 Å². The van der Waals surface area contributed by atoms with E-state index in [1.54, 1.807) is 35.6 Å². The number of hydrogen-bond acceptors (Lipinski definition) is 4. The molecule has 0 bridgehead atoms. The van der Waals surface area contributed by atoms with Crippen molar-refractivity contribution < 1.29 is 13.2 Å². The van der Waals surface area contributed by atoms with Gasteiger partial charge in [0.2, 0.25) is 15.9 Å². The van der Waals surface area contributed by atoms with E-state index in [4.69, 9.17) is 0 Å². The van der Waals surface area contributed by atoms with Gasteiger partial charge in [-0.25, -0.2) is 8.42 Å². The number of carbonyl (C=O) groups is 1. The number of aryl methyl sites for hydroxylation is 1. The Kier molecular flexibility index (Phi) is 5.23. The number of nitrogens with zero attached hydrogens (tertiary/aromatic N) is 1. The van der Waals surface area contributed by atoms with Crippen molar-refractivity contribution in [3.05, 3.63) is 59.5 Å².